The van der Waals surface area contributed by atoms with Crippen LogP contribution in [0.1, 0.15) is 22.4 Å². The number of pyridine rings is 1. The van der Waals surface area contributed by atoms with Crippen molar-refractivity contribution in [2.45, 2.75) is 19.5 Å². The number of hydrogen-bond acceptors (Lipinski definition) is 4. The Balaban J connectivity index is 1.43. The molecule has 0 aliphatic rings. The number of ether oxygens (including phenoxy) is 1. The highest BCUT2D eigenvalue weighted by molar-refractivity contribution is 6.31. The molecule has 8 heteroatoms. The van der Waals surface area contributed by atoms with Crippen molar-refractivity contribution in [2.75, 3.05) is 12.4 Å². The molecule has 6 nitrogen and oxygen atoms in total. The largest absolute Gasteiger partial charge is 0.497 e. The molecule has 172 valence electrons. The fourth-order valence-corrected chi connectivity index (χ4v) is 4.05. The number of rotatable bonds is 8. The topological polar surface area (TPSA) is 67.8 Å². The minimum Gasteiger partial charge on any atom is -0.497 e. The van der Waals surface area contributed by atoms with Gasteiger partial charge in [-0.15, -0.1) is 0 Å². The summed E-state index contributed by atoms with van der Waals surface area (Å²) in [5.74, 6) is 1.32. The van der Waals surface area contributed by atoms with Crippen LogP contribution in [-0.2, 0) is 19.5 Å². The van der Waals surface area contributed by atoms with Crippen molar-refractivity contribution in [2.24, 2.45) is 0 Å². The molecule has 5 rings (SSSR count). The summed E-state index contributed by atoms with van der Waals surface area (Å²) in [5.41, 5.74) is 5.02. The highest BCUT2D eigenvalue weighted by atomic mass is 35.5. The Morgan fingerprint density at radius 2 is 1.82 bits per heavy atom. The fourth-order valence-electron chi connectivity index (χ4n) is 3.89. The zero-order valence-electron chi connectivity index (χ0n) is 18.6. The van der Waals surface area contributed by atoms with Crippen molar-refractivity contribution < 1.29 is 9.13 Å². The van der Waals surface area contributed by atoms with Crippen molar-refractivity contribution in [1.82, 2.24) is 19.7 Å². The maximum atomic E-state index is 13.2. The monoisotopic (exact) mass is 475 g/mol. The number of methoxy groups -OCH3 is 1. The van der Waals surface area contributed by atoms with Gasteiger partial charge >= 0.3 is 0 Å². The average Bonchev–Trinajstić information content (AvgIpc) is 3.43. The molecule has 0 saturated heterocycles. The van der Waals surface area contributed by atoms with Crippen LogP contribution < -0.4 is 10.1 Å². The van der Waals surface area contributed by atoms with Gasteiger partial charge in [-0.25, -0.2) is 9.37 Å². The minimum absolute atomic E-state index is 0.247. The summed E-state index contributed by atoms with van der Waals surface area (Å²) < 4.78 is 20.5. The minimum atomic E-state index is -0.247. The third-order valence-electron chi connectivity index (χ3n) is 5.70. The predicted octanol–water partition coefficient (Wildman–Crippen LogP) is 5.81. The van der Waals surface area contributed by atoms with Crippen molar-refractivity contribution in [3.05, 3.63) is 106 Å². The number of fused-ring (bicyclic) bond motifs is 1. The molecule has 0 radical (unpaired) electrons. The van der Waals surface area contributed by atoms with Crippen LogP contribution in [0, 0.1) is 5.82 Å². The number of nitrogens with zero attached hydrogens (tertiary/aromatic N) is 3. The summed E-state index contributed by atoms with van der Waals surface area (Å²) in [6.07, 6.45) is 4.25. The Bertz CT molecular complexity index is 1410. The molecule has 5 aromatic rings. The van der Waals surface area contributed by atoms with Crippen LogP contribution in [0.15, 0.2) is 73.1 Å². The van der Waals surface area contributed by atoms with E-state index in [1.165, 1.54) is 12.1 Å². The van der Waals surface area contributed by atoms with Gasteiger partial charge in [-0.3, -0.25) is 4.68 Å². The van der Waals surface area contributed by atoms with Crippen LogP contribution in [0.3, 0.4) is 0 Å². The van der Waals surface area contributed by atoms with Crippen molar-refractivity contribution in [3.8, 4) is 5.75 Å². The normalized spacial score (nSPS) is 11.1. The van der Waals surface area contributed by atoms with E-state index in [9.17, 15) is 4.39 Å². The van der Waals surface area contributed by atoms with Crippen molar-refractivity contribution in [1.29, 1.82) is 0 Å². The molecule has 0 aliphatic carbocycles. The molecule has 0 atom stereocenters. The Morgan fingerprint density at radius 1 is 1.06 bits per heavy atom. The van der Waals surface area contributed by atoms with Crippen LogP contribution in [0.4, 0.5) is 10.2 Å². The van der Waals surface area contributed by atoms with E-state index in [1.54, 1.807) is 25.4 Å². The highest BCUT2D eigenvalue weighted by Crippen LogP contribution is 2.24. The second-order valence-corrected chi connectivity index (χ2v) is 8.48. The smallest absolute Gasteiger partial charge is 0.148 e. The van der Waals surface area contributed by atoms with E-state index in [0.717, 1.165) is 45.0 Å². The van der Waals surface area contributed by atoms with Crippen molar-refractivity contribution in [3.63, 3.8) is 0 Å². The standard InChI is InChI=1S/C26H23ClFN5O/c1-34-23-8-4-18(5-9-23)16-33-22(10-19-14-30-26-24(19)11-20(27)15-31-26)12-25(32-33)29-13-17-2-6-21(28)7-3-17/h2-9,11-12,14-15H,10,13,16H2,1H3,(H,29,32)(H,30,31). The molecule has 0 bridgehead atoms. The third kappa shape index (κ3) is 4.89. The van der Waals surface area contributed by atoms with Gasteiger partial charge in [0.1, 0.15) is 23.0 Å². The molecular weight excluding hydrogens is 453 g/mol. The number of benzene rings is 2. The number of halogens is 2. The lowest BCUT2D eigenvalue weighted by atomic mass is 10.1. The van der Waals surface area contributed by atoms with Gasteiger partial charge in [0.05, 0.1) is 18.7 Å². The number of H-pyrrole nitrogens is 1. The highest BCUT2D eigenvalue weighted by Gasteiger charge is 2.13. The molecule has 0 amide bonds. The SMILES string of the molecule is COc1ccc(Cn2nc(NCc3ccc(F)cc3)cc2Cc2c[nH]c3ncc(Cl)cc23)cc1. The zero-order chi connectivity index (χ0) is 23.5. The van der Waals surface area contributed by atoms with Gasteiger partial charge in [0.25, 0.3) is 0 Å². The van der Waals surface area contributed by atoms with Crippen LogP contribution in [0.25, 0.3) is 11.0 Å². The third-order valence-corrected chi connectivity index (χ3v) is 5.90. The van der Waals surface area contributed by atoms with E-state index in [1.807, 2.05) is 47.3 Å². The second kappa shape index (κ2) is 9.57. The number of anilines is 1. The fraction of sp³-hybridized carbons (Fsp3) is 0.154. The molecule has 0 fully saturated rings. The van der Waals surface area contributed by atoms with Gasteiger partial charge in [0.15, 0.2) is 0 Å². The average molecular weight is 476 g/mol. The summed E-state index contributed by atoms with van der Waals surface area (Å²) in [7, 11) is 1.65. The molecule has 0 spiro atoms. The van der Waals surface area contributed by atoms with Gasteiger partial charge in [-0.1, -0.05) is 35.9 Å². The molecule has 0 saturated carbocycles. The Kier molecular flexibility index (Phi) is 6.18. The molecule has 2 N–H and O–H groups in total. The quantitative estimate of drug-likeness (QED) is 0.297. The molecule has 0 aliphatic heterocycles. The van der Waals surface area contributed by atoms with E-state index in [-0.39, 0.29) is 5.82 Å². The molecule has 3 heterocycles. The van der Waals surface area contributed by atoms with Crippen LogP contribution >= 0.6 is 11.6 Å². The lowest BCUT2D eigenvalue weighted by Gasteiger charge is -2.08. The van der Waals surface area contributed by atoms with E-state index in [2.05, 4.69) is 15.3 Å². The first-order chi connectivity index (χ1) is 16.6. The zero-order valence-corrected chi connectivity index (χ0v) is 19.3. The maximum absolute atomic E-state index is 13.2. The van der Waals surface area contributed by atoms with Crippen LogP contribution in [0.2, 0.25) is 5.02 Å². The Labute approximate surface area is 201 Å². The van der Waals surface area contributed by atoms with Crippen LogP contribution in [0.5, 0.6) is 5.75 Å². The summed E-state index contributed by atoms with van der Waals surface area (Å²) in [4.78, 5) is 7.58. The molecule has 34 heavy (non-hydrogen) atoms. The van der Waals surface area contributed by atoms with Crippen LogP contribution in [-0.4, -0.2) is 26.9 Å². The molecule has 0 unspecified atom stereocenters. The van der Waals surface area contributed by atoms with Gasteiger partial charge < -0.3 is 15.0 Å². The molecule has 2 aromatic carbocycles. The summed E-state index contributed by atoms with van der Waals surface area (Å²) in [6.45, 7) is 1.16. The second-order valence-electron chi connectivity index (χ2n) is 8.05. The van der Waals surface area contributed by atoms with E-state index < -0.39 is 0 Å². The number of nitrogens with one attached hydrogen (secondary N) is 2. The number of aromatic amines is 1. The number of aromatic nitrogens is 4. The van der Waals surface area contributed by atoms with E-state index >= 15 is 0 Å². The predicted molar refractivity (Wildman–Crippen MR) is 132 cm³/mol. The maximum Gasteiger partial charge on any atom is 0.148 e. The summed E-state index contributed by atoms with van der Waals surface area (Å²) in [6, 6.07) is 18.4. The number of hydrogen-bond donors (Lipinski definition) is 2. The van der Waals surface area contributed by atoms with Gasteiger partial charge in [-0.2, -0.15) is 5.10 Å². The first-order valence-electron chi connectivity index (χ1n) is 10.9. The Morgan fingerprint density at radius 3 is 2.59 bits per heavy atom. The van der Waals surface area contributed by atoms with E-state index in [0.29, 0.717) is 24.5 Å². The van der Waals surface area contributed by atoms with E-state index in [4.69, 9.17) is 21.4 Å². The van der Waals surface area contributed by atoms with Gasteiger partial charge in [0, 0.05) is 42.5 Å². The first-order valence-corrected chi connectivity index (χ1v) is 11.2. The lowest BCUT2D eigenvalue weighted by Crippen LogP contribution is -2.07. The first kappa shape index (κ1) is 22.0. The Hall–Kier alpha value is -3.84. The summed E-state index contributed by atoms with van der Waals surface area (Å²) in [5, 5.41) is 9.75. The summed E-state index contributed by atoms with van der Waals surface area (Å²) >= 11 is 6.19. The van der Waals surface area contributed by atoms with Gasteiger partial charge in [0.2, 0.25) is 0 Å². The van der Waals surface area contributed by atoms with Crippen molar-refractivity contribution >= 4 is 28.5 Å². The lowest BCUT2D eigenvalue weighted by molar-refractivity contribution is 0.414. The van der Waals surface area contributed by atoms with Gasteiger partial charge in [-0.05, 0) is 47.0 Å². The molecule has 3 aromatic heterocycles. The molecular formula is C26H23ClFN5O.